The summed E-state index contributed by atoms with van der Waals surface area (Å²) in [6.07, 6.45) is 4.26. The quantitative estimate of drug-likeness (QED) is 0.470. The van der Waals surface area contributed by atoms with Gasteiger partial charge in [0.15, 0.2) is 5.16 Å². The number of aromatic nitrogens is 2. The zero-order valence-corrected chi connectivity index (χ0v) is 16.3. The standard InChI is InChI=1S/C20H22N2OS2/c1-3-11-22-19(23)17-15-5-4-6-16(15)25-18(17)21-20(22)24-12-14-9-7-13(2)8-10-14/h7-10H,3-6,11-12H2,1-2H3. The van der Waals surface area contributed by atoms with Gasteiger partial charge in [0.1, 0.15) is 4.83 Å². The minimum Gasteiger partial charge on any atom is -0.287 e. The van der Waals surface area contributed by atoms with E-state index in [1.54, 1.807) is 23.1 Å². The van der Waals surface area contributed by atoms with Gasteiger partial charge in [0.25, 0.3) is 5.56 Å². The molecule has 5 heteroatoms. The largest absolute Gasteiger partial charge is 0.287 e. The molecule has 0 saturated carbocycles. The molecule has 0 fully saturated rings. The van der Waals surface area contributed by atoms with Gasteiger partial charge in [0.05, 0.1) is 5.39 Å². The van der Waals surface area contributed by atoms with Crippen LogP contribution in [0.4, 0.5) is 0 Å². The lowest BCUT2D eigenvalue weighted by Gasteiger charge is -2.11. The van der Waals surface area contributed by atoms with Crippen molar-refractivity contribution in [1.29, 1.82) is 0 Å². The molecule has 4 rings (SSSR count). The number of benzene rings is 1. The molecule has 130 valence electrons. The predicted octanol–water partition coefficient (Wildman–Crippen LogP) is 4.96. The van der Waals surface area contributed by atoms with Crippen LogP contribution in [0.15, 0.2) is 34.2 Å². The van der Waals surface area contributed by atoms with E-state index in [9.17, 15) is 4.79 Å². The molecule has 0 unspecified atom stereocenters. The molecule has 0 amide bonds. The molecule has 25 heavy (non-hydrogen) atoms. The average molecular weight is 371 g/mol. The molecule has 0 atom stereocenters. The van der Waals surface area contributed by atoms with Crippen LogP contribution in [0.3, 0.4) is 0 Å². The van der Waals surface area contributed by atoms with Crippen molar-refractivity contribution >= 4 is 33.3 Å². The molecule has 0 N–H and O–H groups in total. The van der Waals surface area contributed by atoms with Crippen LogP contribution in [-0.2, 0) is 25.1 Å². The maximum absolute atomic E-state index is 13.1. The Morgan fingerprint density at radius 1 is 1.24 bits per heavy atom. The molecular formula is C20H22N2OS2. The number of nitrogens with zero attached hydrogens (tertiary/aromatic N) is 2. The molecule has 2 aromatic heterocycles. The monoisotopic (exact) mass is 370 g/mol. The fourth-order valence-electron chi connectivity index (χ4n) is 3.42. The zero-order chi connectivity index (χ0) is 17.4. The van der Waals surface area contributed by atoms with Gasteiger partial charge in [-0.3, -0.25) is 9.36 Å². The van der Waals surface area contributed by atoms with E-state index in [4.69, 9.17) is 4.98 Å². The van der Waals surface area contributed by atoms with Crippen molar-refractivity contribution in [2.24, 2.45) is 0 Å². The molecule has 1 aromatic carbocycles. The Balaban J connectivity index is 1.73. The predicted molar refractivity (Wildman–Crippen MR) is 107 cm³/mol. The van der Waals surface area contributed by atoms with Crippen molar-refractivity contribution in [1.82, 2.24) is 9.55 Å². The lowest BCUT2D eigenvalue weighted by Crippen LogP contribution is -2.23. The van der Waals surface area contributed by atoms with Crippen molar-refractivity contribution < 1.29 is 0 Å². The molecule has 1 aliphatic rings. The number of hydrogen-bond acceptors (Lipinski definition) is 4. The first kappa shape index (κ1) is 16.9. The molecule has 3 aromatic rings. The highest BCUT2D eigenvalue weighted by Crippen LogP contribution is 2.35. The molecule has 0 radical (unpaired) electrons. The van der Waals surface area contributed by atoms with E-state index in [1.807, 2.05) is 4.57 Å². The van der Waals surface area contributed by atoms with Crippen molar-refractivity contribution in [3.8, 4) is 0 Å². The highest BCUT2D eigenvalue weighted by molar-refractivity contribution is 7.98. The Kier molecular flexibility index (Phi) is 4.69. The molecular weight excluding hydrogens is 348 g/mol. The Labute approximate surface area is 156 Å². The van der Waals surface area contributed by atoms with Gasteiger partial charge >= 0.3 is 0 Å². The molecule has 0 aliphatic heterocycles. The Hall–Kier alpha value is -1.59. The molecule has 2 heterocycles. The number of rotatable bonds is 5. The maximum atomic E-state index is 13.1. The topological polar surface area (TPSA) is 34.9 Å². The van der Waals surface area contributed by atoms with Crippen LogP contribution < -0.4 is 5.56 Å². The van der Waals surface area contributed by atoms with E-state index in [2.05, 4.69) is 38.1 Å². The van der Waals surface area contributed by atoms with Crippen LogP contribution >= 0.6 is 23.1 Å². The lowest BCUT2D eigenvalue weighted by molar-refractivity contribution is 0.585. The van der Waals surface area contributed by atoms with E-state index in [1.165, 1.54) is 28.0 Å². The molecule has 0 spiro atoms. The first-order valence-electron chi connectivity index (χ1n) is 8.90. The van der Waals surface area contributed by atoms with E-state index in [0.29, 0.717) is 0 Å². The van der Waals surface area contributed by atoms with Crippen LogP contribution in [0.25, 0.3) is 10.2 Å². The summed E-state index contributed by atoms with van der Waals surface area (Å²) in [7, 11) is 0. The van der Waals surface area contributed by atoms with Gasteiger partial charge in [-0.25, -0.2) is 4.98 Å². The Bertz CT molecular complexity index is 970. The second-order valence-electron chi connectivity index (χ2n) is 6.66. The fourth-order valence-corrected chi connectivity index (χ4v) is 5.71. The SMILES string of the molecule is CCCn1c(SCc2ccc(C)cc2)nc2sc3c(c2c1=O)CCC3. The second kappa shape index (κ2) is 6.96. The minimum absolute atomic E-state index is 0.164. The average Bonchev–Trinajstić information content (AvgIpc) is 3.18. The summed E-state index contributed by atoms with van der Waals surface area (Å²) in [5, 5.41) is 1.76. The highest BCUT2D eigenvalue weighted by Gasteiger charge is 2.23. The molecule has 3 nitrogen and oxygen atoms in total. The third kappa shape index (κ3) is 3.15. The summed E-state index contributed by atoms with van der Waals surface area (Å²) in [5.74, 6) is 0.840. The van der Waals surface area contributed by atoms with Crippen molar-refractivity contribution in [3.05, 3.63) is 56.2 Å². The summed E-state index contributed by atoms with van der Waals surface area (Å²) >= 11 is 3.40. The minimum atomic E-state index is 0.164. The third-order valence-electron chi connectivity index (χ3n) is 4.73. The third-order valence-corrected chi connectivity index (χ3v) is 6.96. The van der Waals surface area contributed by atoms with Crippen molar-refractivity contribution in [3.63, 3.8) is 0 Å². The van der Waals surface area contributed by atoms with E-state index < -0.39 is 0 Å². The summed E-state index contributed by atoms with van der Waals surface area (Å²) in [4.78, 5) is 20.3. The number of thiophene rings is 1. The van der Waals surface area contributed by atoms with E-state index >= 15 is 0 Å². The Morgan fingerprint density at radius 2 is 2.04 bits per heavy atom. The van der Waals surface area contributed by atoms with Gasteiger partial charge in [-0.15, -0.1) is 11.3 Å². The first-order chi connectivity index (χ1) is 12.2. The molecule has 0 bridgehead atoms. The number of aryl methyl sites for hydroxylation is 3. The van der Waals surface area contributed by atoms with Gasteiger partial charge in [-0.2, -0.15) is 0 Å². The van der Waals surface area contributed by atoms with E-state index in [-0.39, 0.29) is 5.56 Å². The van der Waals surface area contributed by atoms with Crippen molar-refractivity contribution in [2.75, 3.05) is 0 Å². The van der Waals surface area contributed by atoms with Gasteiger partial charge in [0, 0.05) is 17.2 Å². The number of hydrogen-bond donors (Lipinski definition) is 0. The van der Waals surface area contributed by atoms with Gasteiger partial charge in [-0.05, 0) is 43.7 Å². The smallest absolute Gasteiger partial charge is 0.263 e. The summed E-state index contributed by atoms with van der Waals surface area (Å²) in [6, 6.07) is 8.58. The highest BCUT2D eigenvalue weighted by atomic mass is 32.2. The van der Waals surface area contributed by atoms with Crippen LogP contribution in [0.2, 0.25) is 0 Å². The Morgan fingerprint density at radius 3 is 2.80 bits per heavy atom. The summed E-state index contributed by atoms with van der Waals surface area (Å²) in [5.41, 5.74) is 3.97. The fraction of sp³-hybridized carbons (Fsp3) is 0.400. The zero-order valence-electron chi connectivity index (χ0n) is 14.7. The first-order valence-corrected chi connectivity index (χ1v) is 10.7. The maximum Gasteiger partial charge on any atom is 0.263 e. The number of fused-ring (bicyclic) bond motifs is 3. The molecule has 0 saturated heterocycles. The van der Waals surface area contributed by atoms with Gasteiger partial charge < -0.3 is 0 Å². The van der Waals surface area contributed by atoms with Crippen LogP contribution in [0, 0.1) is 6.92 Å². The van der Waals surface area contributed by atoms with Crippen molar-refractivity contribution in [2.45, 2.75) is 57.0 Å². The van der Waals surface area contributed by atoms with Crippen LogP contribution in [0.5, 0.6) is 0 Å². The normalized spacial score (nSPS) is 13.5. The van der Waals surface area contributed by atoms with E-state index in [0.717, 1.165) is 46.9 Å². The van der Waals surface area contributed by atoms with Crippen LogP contribution in [-0.4, -0.2) is 9.55 Å². The molecule has 1 aliphatic carbocycles. The van der Waals surface area contributed by atoms with Gasteiger partial charge in [0.2, 0.25) is 0 Å². The second-order valence-corrected chi connectivity index (χ2v) is 8.69. The van der Waals surface area contributed by atoms with Crippen LogP contribution in [0.1, 0.15) is 41.3 Å². The summed E-state index contributed by atoms with van der Waals surface area (Å²) in [6.45, 7) is 4.95. The lowest BCUT2D eigenvalue weighted by atomic mass is 10.2. The van der Waals surface area contributed by atoms with Gasteiger partial charge in [-0.1, -0.05) is 48.5 Å². The number of thioether (sulfide) groups is 1. The summed E-state index contributed by atoms with van der Waals surface area (Å²) < 4.78 is 1.90.